The highest BCUT2D eigenvalue weighted by Gasteiger charge is 2.19. The fourth-order valence-electron chi connectivity index (χ4n) is 2.94. The predicted octanol–water partition coefficient (Wildman–Crippen LogP) is 5.52. The van der Waals surface area contributed by atoms with Crippen LogP contribution in [-0.2, 0) is 16.0 Å². The molecule has 3 aromatic carbocycles. The first-order valence-electron chi connectivity index (χ1n) is 9.48. The largest absolute Gasteiger partial charge is 0.449 e. The molecule has 0 bridgehead atoms. The first kappa shape index (κ1) is 20.1. The van der Waals surface area contributed by atoms with E-state index in [1.807, 2.05) is 78.9 Å². The van der Waals surface area contributed by atoms with Crippen molar-refractivity contribution in [1.29, 1.82) is 0 Å². The third kappa shape index (κ3) is 5.94. The third-order valence-corrected chi connectivity index (χ3v) is 4.21. The van der Waals surface area contributed by atoms with Crippen LogP contribution >= 0.6 is 0 Å². The molecule has 148 valence electrons. The zero-order chi connectivity index (χ0) is 20.5. The molecule has 0 spiro atoms. The summed E-state index contributed by atoms with van der Waals surface area (Å²) in [4.78, 5) is 25.4. The molecule has 0 radical (unpaired) electrons. The van der Waals surface area contributed by atoms with Crippen LogP contribution in [0, 0.1) is 0 Å². The van der Waals surface area contributed by atoms with Crippen LogP contribution in [0.3, 0.4) is 0 Å². The smallest absolute Gasteiger partial charge is 0.418 e. The molecule has 5 heteroatoms. The Morgan fingerprint density at radius 1 is 0.828 bits per heavy atom. The summed E-state index contributed by atoms with van der Waals surface area (Å²) in [5, 5.41) is 0. The standard InChI is InChI=1S/C24H23NO4/c1-19(26)29-23-16-8-10-20(18-23)11-9-17-28-24(27)25(21-12-4-2-5-13-21)22-14-6-3-7-15-22/h2-8,10,12-16,18H,9,11,17H2,1H3. The van der Waals surface area contributed by atoms with Crippen molar-refractivity contribution < 1.29 is 19.1 Å². The van der Waals surface area contributed by atoms with Gasteiger partial charge in [-0.1, -0.05) is 48.5 Å². The number of hydrogen-bond acceptors (Lipinski definition) is 4. The van der Waals surface area contributed by atoms with E-state index in [-0.39, 0.29) is 12.6 Å². The maximum Gasteiger partial charge on any atom is 0.418 e. The van der Waals surface area contributed by atoms with Gasteiger partial charge < -0.3 is 9.47 Å². The molecule has 0 heterocycles. The summed E-state index contributed by atoms with van der Waals surface area (Å²) in [5.41, 5.74) is 2.51. The number of anilines is 2. The molecule has 3 aromatic rings. The van der Waals surface area contributed by atoms with E-state index in [0.29, 0.717) is 18.6 Å². The van der Waals surface area contributed by atoms with Gasteiger partial charge in [-0.15, -0.1) is 0 Å². The van der Waals surface area contributed by atoms with E-state index in [9.17, 15) is 9.59 Å². The van der Waals surface area contributed by atoms with Gasteiger partial charge in [0.05, 0.1) is 18.0 Å². The van der Waals surface area contributed by atoms with Gasteiger partial charge in [-0.25, -0.2) is 9.69 Å². The molecule has 0 saturated heterocycles. The van der Waals surface area contributed by atoms with Gasteiger partial charge in [0, 0.05) is 6.92 Å². The number of carbonyl (C=O) groups is 2. The Balaban J connectivity index is 1.59. The molecule has 1 amide bonds. The summed E-state index contributed by atoms with van der Waals surface area (Å²) >= 11 is 0. The summed E-state index contributed by atoms with van der Waals surface area (Å²) in [5.74, 6) is 0.171. The van der Waals surface area contributed by atoms with E-state index in [0.717, 1.165) is 16.9 Å². The minimum atomic E-state index is -0.420. The Hall–Kier alpha value is -3.60. The van der Waals surface area contributed by atoms with Crippen LogP contribution in [0.2, 0.25) is 0 Å². The lowest BCUT2D eigenvalue weighted by atomic mass is 10.1. The Kier molecular flexibility index (Phi) is 7.00. The molecule has 0 unspecified atom stereocenters. The first-order chi connectivity index (χ1) is 14.1. The average Bonchev–Trinajstić information content (AvgIpc) is 2.73. The van der Waals surface area contributed by atoms with Gasteiger partial charge >= 0.3 is 12.1 Å². The van der Waals surface area contributed by atoms with Crippen LogP contribution in [0.4, 0.5) is 16.2 Å². The number of hydrogen-bond donors (Lipinski definition) is 0. The van der Waals surface area contributed by atoms with Crippen molar-refractivity contribution in [3.63, 3.8) is 0 Å². The lowest BCUT2D eigenvalue weighted by Crippen LogP contribution is -2.27. The van der Waals surface area contributed by atoms with Crippen LogP contribution in [-0.4, -0.2) is 18.7 Å². The zero-order valence-corrected chi connectivity index (χ0v) is 16.3. The third-order valence-electron chi connectivity index (χ3n) is 4.21. The van der Waals surface area contributed by atoms with Crippen LogP contribution < -0.4 is 9.64 Å². The molecular formula is C24H23NO4. The predicted molar refractivity (Wildman–Crippen MR) is 112 cm³/mol. The second-order valence-electron chi connectivity index (χ2n) is 6.47. The number of rotatable bonds is 7. The number of amides is 1. The number of esters is 1. The second kappa shape index (κ2) is 10.1. The Morgan fingerprint density at radius 3 is 2.03 bits per heavy atom. The van der Waals surface area contributed by atoms with Gasteiger partial charge in [0.1, 0.15) is 5.75 Å². The first-order valence-corrected chi connectivity index (χ1v) is 9.48. The SMILES string of the molecule is CC(=O)Oc1cccc(CCCOC(=O)N(c2ccccc2)c2ccccc2)c1. The molecule has 0 aromatic heterocycles. The molecule has 0 N–H and O–H groups in total. The van der Waals surface area contributed by atoms with E-state index in [1.165, 1.54) is 6.92 Å². The molecule has 0 aliphatic heterocycles. The van der Waals surface area contributed by atoms with E-state index in [2.05, 4.69) is 0 Å². The van der Waals surface area contributed by atoms with E-state index in [1.54, 1.807) is 11.0 Å². The highest BCUT2D eigenvalue weighted by Crippen LogP contribution is 2.26. The molecule has 0 atom stereocenters. The zero-order valence-electron chi connectivity index (χ0n) is 16.3. The quantitative estimate of drug-likeness (QED) is 0.303. The highest BCUT2D eigenvalue weighted by molar-refractivity contribution is 5.95. The van der Waals surface area contributed by atoms with Gasteiger partial charge in [-0.3, -0.25) is 4.79 Å². The molecule has 5 nitrogen and oxygen atoms in total. The minimum Gasteiger partial charge on any atom is -0.449 e. The summed E-state index contributed by atoms with van der Waals surface area (Å²) in [6.45, 7) is 1.66. The van der Waals surface area contributed by atoms with Crippen LogP contribution in [0.25, 0.3) is 0 Å². The average molecular weight is 389 g/mol. The molecule has 0 aliphatic rings. The molecule has 29 heavy (non-hydrogen) atoms. The number of nitrogens with zero attached hydrogens (tertiary/aromatic N) is 1. The highest BCUT2D eigenvalue weighted by atomic mass is 16.6. The van der Waals surface area contributed by atoms with E-state index in [4.69, 9.17) is 9.47 Å². The molecule has 3 rings (SSSR count). The fraction of sp³-hybridized carbons (Fsp3) is 0.167. The van der Waals surface area contributed by atoms with Crippen LogP contribution in [0.15, 0.2) is 84.9 Å². The summed E-state index contributed by atoms with van der Waals surface area (Å²) in [6.07, 6.45) is 0.946. The number of aryl methyl sites for hydroxylation is 1. The number of carbonyl (C=O) groups excluding carboxylic acids is 2. The molecule has 0 fully saturated rings. The van der Waals surface area contributed by atoms with Crippen molar-refractivity contribution >= 4 is 23.4 Å². The van der Waals surface area contributed by atoms with Crippen molar-refractivity contribution in [2.45, 2.75) is 19.8 Å². The van der Waals surface area contributed by atoms with Gasteiger partial charge in [0.25, 0.3) is 0 Å². The van der Waals surface area contributed by atoms with Crippen LogP contribution in [0.1, 0.15) is 18.9 Å². The van der Waals surface area contributed by atoms with Gasteiger partial charge in [0.2, 0.25) is 0 Å². The van der Waals surface area contributed by atoms with Crippen molar-refractivity contribution in [3.8, 4) is 5.75 Å². The summed E-state index contributed by atoms with van der Waals surface area (Å²) in [7, 11) is 0. The number of ether oxygens (including phenoxy) is 2. The normalized spacial score (nSPS) is 10.2. The van der Waals surface area contributed by atoms with Crippen molar-refractivity contribution in [2.24, 2.45) is 0 Å². The van der Waals surface area contributed by atoms with Crippen molar-refractivity contribution in [2.75, 3.05) is 11.5 Å². The maximum atomic E-state index is 12.8. The van der Waals surface area contributed by atoms with E-state index >= 15 is 0 Å². The molecule has 0 saturated carbocycles. The summed E-state index contributed by atoms with van der Waals surface area (Å²) < 4.78 is 10.6. The monoisotopic (exact) mass is 389 g/mol. The van der Waals surface area contributed by atoms with Crippen molar-refractivity contribution in [1.82, 2.24) is 0 Å². The Labute approximate surface area is 170 Å². The van der Waals surface area contributed by atoms with Gasteiger partial charge in [-0.05, 0) is 54.8 Å². The van der Waals surface area contributed by atoms with Crippen LogP contribution in [0.5, 0.6) is 5.75 Å². The number of para-hydroxylation sites is 2. The minimum absolute atomic E-state index is 0.285. The van der Waals surface area contributed by atoms with E-state index < -0.39 is 6.09 Å². The summed E-state index contributed by atoms with van der Waals surface area (Å²) in [6, 6.07) is 26.2. The second-order valence-corrected chi connectivity index (χ2v) is 6.47. The Bertz CT molecular complexity index is 902. The van der Waals surface area contributed by atoms with Crippen molar-refractivity contribution in [3.05, 3.63) is 90.5 Å². The lowest BCUT2D eigenvalue weighted by molar-refractivity contribution is -0.131. The molecular weight excluding hydrogens is 366 g/mol. The van der Waals surface area contributed by atoms with Gasteiger partial charge in [-0.2, -0.15) is 0 Å². The molecule has 0 aliphatic carbocycles. The maximum absolute atomic E-state index is 12.8. The topological polar surface area (TPSA) is 55.8 Å². The Morgan fingerprint density at radius 2 is 1.45 bits per heavy atom. The number of benzene rings is 3. The lowest BCUT2D eigenvalue weighted by Gasteiger charge is -2.22. The van der Waals surface area contributed by atoms with Gasteiger partial charge in [0.15, 0.2) is 0 Å². The fourth-order valence-corrected chi connectivity index (χ4v) is 2.94.